The van der Waals surface area contributed by atoms with Crippen LogP contribution in [0.5, 0.6) is 5.75 Å². The van der Waals surface area contributed by atoms with E-state index in [1.54, 1.807) is 4.90 Å². The Morgan fingerprint density at radius 3 is 2.33 bits per heavy atom. The molecule has 0 unspecified atom stereocenters. The highest BCUT2D eigenvalue weighted by Gasteiger charge is 2.26. The Bertz CT molecular complexity index is 576. The van der Waals surface area contributed by atoms with E-state index in [4.69, 9.17) is 21.1 Å². The van der Waals surface area contributed by atoms with Gasteiger partial charge in [-0.25, -0.2) is 4.79 Å². The van der Waals surface area contributed by atoms with E-state index in [1.165, 1.54) is 0 Å². The van der Waals surface area contributed by atoms with Gasteiger partial charge in [0, 0.05) is 37.9 Å². The second-order valence-electron chi connectivity index (χ2n) is 7.24. The maximum atomic E-state index is 12.1. The van der Waals surface area contributed by atoms with Gasteiger partial charge in [-0.15, -0.1) is 0 Å². The lowest BCUT2D eigenvalue weighted by atomic mass is 10.2. The van der Waals surface area contributed by atoms with Gasteiger partial charge in [0.25, 0.3) is 0 Å². The molecule has 6 heteroatoms. The molecular formula is C18H27ClN2O3. The van der Waals surface area contributed by atoms with Crippen LogP contribution in [0.4, 0.5) is 10.5 Å². The van der Waals surface area contributed by atoms with E-state index < -0.39 is 5.60 Å². The third-order valence-corrected chi connectivity index (χ3v) is 3.89. The van der Waals surface area contributed by atoms with Crippen LogP contribution in [0.2, 0.25) is 5.02 Å². The molecule has 0 saturated carbocycles. The van der Waals surface area contributed by atoms with Crippen molar-refractivity contribution in [3.05, 3.63) is 23.2 Å². The van der Waals surface area contributed by atoms with Crippen molar-refractivity contribution in [3.8, 4) is 5.75 Å². The highest BCUT2D eigenvalue weighted by atomic mass is 35.5. The van der Waals surface area contributed by atoms with Crippen molar-refractivity contribution in [2.45, 2.75) is 46.3 Å². The summed E-state index contributed by atoms with van der Waals surface area (Å²) in [4.78, 5) is 16.1. The van der Waals surface area contributed by atoms with E-state index in [-0.39, 0.29) is 12.2 Å². The van der Waals surface area contributed by atoms with E-state index in [1.807, 2.05) is 52.8 Å². The Kier molecular flexibility index (Phi) is 5.86. The predicted molar refractivity (Wildman–Crippen MR) is 97.2 cm³/mol. The lowest BCUT2D eigenvalue weighted by Gasteiger charge is -2.37. The molecule has 1 saturated heterocycles. The predicted octanol–water partition coefficient (Wildman–Crippen LogP) is 4.18. The van der Waals surface area contributed by atoms with Gasteiger partial charge in [-0.05, 0) is 46.8 Å². The van der Waals surface area contributed by atoms with Crippen LogP contribution in [0.15, 0.2) is 18.2 Å². The highest BCUT2D eigenvalue weighted by molar-refractivity contribution is 6.32. The molecule has 1 aromatic rings. The van der Waals surface area contributed by atoms with Crippen molar-refractivity contribution < 1.29 is 14.3 Å². The summed E-state index contributed by atoms with van der Waals surface area (Å²) in [7, 11) is 0. The van der Waals surface area contributed by atoms with Gasteiger partial charge in [-0.3, -0.25) is 0 Å². The van der Waals surface area contributed by atoms with Crippen molar-refractivity contribution in [3.63, 3.8) is 0 Å². The number of rotatable bonds is 3. The molecule has 1 aromatic carbocycles. The SMILES string of the molecule is CC(C)Oc1cc(N2CCN(C(=O)OC(C)(C)C)CC2)ccc1Cl. The fourth-order valence-electron chi connectivity index (χ4n) is 2.51. The van der Waals surface area contributed by atoms with E-state index in [2.05, 4.69) is 4.90 Å². The summed E-state index contributed by atoms with van der Waals surface area (Å²) in [6, 6.07) is 5.80. The van der Waals surface area contributed by atoms with Crippen LogP contribution in [-0.2, 0) is 4.74 Å². The van der Waals surface area contributed by atoms with Gasteiger partial charge in [0.1, 0.15) is 11.4 Å². The number of halogens is 1. The molecule has 0 aromatic heterocycles. The van der Waals surface area contributed by atoms with Crippen molar-refractivity contribution >= 4 is 23.4 Å². The lowest BCUT2D eigenvalue weighted by molar-refractivity contribution is 0.0240. The first-order chi connectivity index (χ1) is 11.2. The number of benzene rings is 1. The highest BCUT2D eigenvalue weighted by Crippen LogP contribution is 2.31. The topological polar surface area (TPSA) is 42.0 Å². The second-order valence-corrected chi connectivity index (χ2v) is 7.64. The van der Waals surface area contributed by atoms with Crippen molar-refractivity contribution in [2.75, 3.05) is 31.1 Å². The number of piperazine rings is 1. The lowest BCUT2D eigenvalue weighted by Crippen LogP contribution is -2.50. The molecule has 1 fully saturated rings. The van der Waals surface area contributed by atoms with Gasteiger partial charge in [0.15, 0.2) is 0 Å². The van der Waals surface area contributed by atoms with Crippen LogP contribution in [0, 0.1) is 0 Å². The molecule has 1 aliphatic heterocycles. The number of hydrogen-bond donors (Lipinski definition) is 0. The molecule has 0 aliphatic carbocycles. The van der Waals surface area contributed by atoms with Crippen molar-refractivity contribution in [1.29, 1.82) is 0 Å². The average Bonchev–Trinajstić information content (AvgIpc) is 2.47. The second kappa shape index (κ2) is 7.51. The summed E-state index contributed by atoms with van der Waals surface area (Å²) >= 11 is 6.19. The zero-order chi connectivity index (χ0) is 17.9. The van der Waals surface area contributed by atoms with Gasteiger partial charge in [-0.1, -0.05) is 11.6 Å². The molecule has 24 heavy (non-hydrogen) atoms. The molecule has 0 radical (unpaired) electrons. The zero-order valence-corrected chi connectivity index (χ0v) is 15.9. The maximum Gasteiger partial charge on any atom is 0.410 e. The summed E-state index contributed by atoms with van der Waals surface area (Å²) in [6.07, 6.45) is -0.177. The quantitative estimate of drug-likeness (QED) is 0.816. The standard InChI is InChI=1S/C18H27ClN2O3/c1-13(2)23-16-12-14(6-7-15(16)19)20-8-10-21(11-9-20)17(22)24-18(3,4)5/h6-7,12-13H,8-11H2,1-5H3. The number of anilines is 1. The van der Waals surface area contributed by atoms with Crippen molar-refractivity contribution in [1.82, 2.24) is 4.90 Å². The first-order valence-electron chi connectivity index (χ1n) is 8.35. The minimum atomic E-state index is -0.465. The molecule has 0 spiro atoms. The molecule has 1 aliphatic rings. The summed E-state index contributed by atoms with van der Waals surface area (Å²) in [6.45, 7) is 12.4. The zero-order valence-electron chi connectivity index (χ0n) is 15.1. The van der Waals surface area contributed by atoms with Crippen LogP contribution in [0.1, 0.15) is 34.6 Å². The third kappa shape index (κ3) is 5.20. The number of hydrogen-bond acceptors (Lipinski definition) is 4. The minimum absolute atomic E-state index is 0.0711. The molecule has 2 rings (SSSR count). The number of nitrogens with zero attached hydrogens (tertiary/aromatic N) is 2. The number of ether oxygens (including phenoxy) is 2. The van der Waals surface area contributed by atoms with Gasteiger partial charge < -0.3 is 19.3 Å². The Labute approximate surface area is 149 Å². The van der Waals surface area contributed by atoms with Crippen LogP contribution in [-0.4, -0.2) is 48.9 Å². The number of amides is 1. The number of carbonyl (C=O) groups is 1. The molecular weight excluding hydrogens is 328 g/mol. The molecule has 0 N–H and O–H groups in total. The molecule has 5 nitrogen and oxygen atoms in total. The normalized spacial score (nSPS) is 15.6. The minimum Gasteiger partial charge on any atom is -0.489 e. The maximum absolute atomic E-state index is 12.1. The first-order valence-corrected chi connectivity index (χ1v) is 8.72. The monoisotopic (exact) mass is 354 g/mol. The van der Waals surface area contributed by atoms with Gasteiger partial charge >= 0.3 is 6.09 Å². The first kappa shape index (κ1) is 18.7. The summed E-state index contributed by atoms with van der Waals surface area (Å²) in [5.41, 5.74) is 0.590. The van der Waals surface area contributed by atoms with Crippen molar-refractivity contribution in [2.24, 2.45) is 0 Å². The van der Waals surface area contributed by atoms with Gasteiger partial charge in [-0.2, -0.15) is 0 Å². The number of carbonyl (C=O) groups excluding carboxylic acids is 1. The summed E-state index contributed by atoms with van der Waals surface area (Å²) in [5.74, 6) is 0.693. The Hall–Kier alpha value is -1.62. The molecule has 0 bridgehead atoms. The third-order valence-electron chi connectivity index (χ3n) is 3.57. The van der Waals surface area contributed by atoms with E-state index in [0.717, 1.165) is 18.8 Å². The van der Waals surface area contributed by atoms with Gasteiger partial charge in [0.2, 0.25) is 0 Å². The molecule has 134 valence electrons. The largest absolute Gasteiger partial charge is 0.489 e. The molecule has 1 heterocycles. The van der Waals surface area contributed by atoms with E-state index >= 15 is 0 Å². The van der Waals surface area contributed by atoms with Gasteiger partial charge in [0.05, 0.1) is 11.1 Å². The summed E-state index contributed by atoms with van der Waals surface area (Å²) in [5, 5.41) is 0.611. The molecule has 0 atom stereocenters. The van der Waals surface area contributed by atoms with Crippen LogP contribution in [0.3, 0.4) is 0 Å². The Morgan fingerprint density at radius 1 is 1.17 bits per heavy atom. The molecule has 1 amide bonds. The fraction of sp³-hybridized carbons (Fsp3) is 0.611. The fourth-order valence-corrected chi connectivity index (χ4v) is 2.67. The van der Waals surface area contributed by atoms with Crippen LogP contribution < -0.4 is 9.64 Å². The van der Waals surface area contributed by atoms with Crippen LogP contribution in [0.25, 0.3) is 0 Å². The smallest absolute Gasteiger partial charge is 0.410 e. The summed E-state index contributed by atoms with van der Waals surface area (Å²) < 4.78 is 11.2. The van der Waals surface area contributed by atoms with Crippen LogP contribution >= 0.6 is 11.6 Å². The van der Waals surface area contributed by atoms with E-state index in [9.17, 15) is 4.79 Å². The average molecular weight is 355 g/mol. The Balaban J connectivity index is 1.98. The Morgan fingerprint density at radius 2 is 1.79 bits per heavy atom. The van der Waals surface area contributed by atoms with E-state index in [0.29, 0.717) is 23.9 Å².